The number of ether oxygens (including phenoxy) is 2. The Kier molecular flexibility index (Phi) is 8.18. The van der Waals surface area contributed by atoms with Gasteiger partial charge in [0.15, 0.2) is 14.6 Å². The molecule has 4 rings (SSSR count). The summed E-state index contributed by atoms with van der Waals surface area (Å²) in [5.74, 6) is 2.19. The van der Waals surface area contributed by atoms with Crippen LogP contribution in [0.2, 0.25) is 0 Å². The molecule has 4 aromatic rings. The van der Waals surface area contributed by atoms with Crippen LogP contribution in [-0.4, -0.2) is 38.0 Å². The molecule has 0 aliphatic carbocycles. The first-order valence-corrected chi connectivity index (χ1v) is 11.4. The highest BCUT2D eigenvalue weighted by molar-refractivity contribution is 6.68. The van der Waals surface area contributed by atoms with Gasteiger partial charge >= 0.3 is 0 Å². The fraction of sp³-hybridized carbons (Fsp3) is 0.143. The first kappa shape index (κ1) is 23.4. The fourth-order valence-corrected chi connectivity index (χ4v) is 3.48. The molecule has 4 aromatic carbocycles. The van der Waals surface area contributed by atoms with Gasteiger partial charge in [0.2, 0.25) is 0 Å². The van der Waals surface area contributed by atoms with Gasteiger partial charge in [-0.3, -0.25) is 0 Å². The number of rotatable bonds is 11. The summed E-state index contributed by atoms with van der Waals surface area (Å²) in [6.45, 7) is 1.25. The van der Waals surface area contributed by atoms with Gasteiger partial charge in [-0.2, -0.15) is 0 Å². The van der Waals surface area contributed by atoms with Crippen LogP contribution < -0.4 is 31.3 Å². The summed E-state index contributed by atoms with van der Waals surface area (Å²) >= 11 is 0. The van der Waals surface area contributed by atoms with E-state index in [4.69, 9.17) is 9.47 Å². The Morgan fingerprint density at radius 2 is 0.882 bits per heavy atom. The number of phenols is 2. The molecule has 0 saturated heterocycles. The Morgan fingerprint density at radius 3 is 1.26 bits per heavy atom. The van der Waals surface area contributed by atoms with Gasteiger partial charge in [0.05, 0.1) is 13.2 Å². The molecule has 0 spiro atoms. The summed E-state index contributed by atoms with van der Waals surface area (Å²) in [6.07, 6.45) is 1.79. The third-order valence-corrected chi connectivity index (χ3v) is 5.35. The van der Waals surface area contributed by atoms with Crippen molar-refractivity contribution in [3.8, 4) is 23.0 Å². The molecule has 0 fully saturated rings. The zero-order valence-corrected chi connectivity index (χ0v) is 18.9. The van der Waals surface area contributed by atoms with E-state index in [1.54, 1.807) is 12.1 Å². The van der Waals surface area contributed by atoms with Gasteiger partial charge in [0.25, 0.3) is 0 Å². The number of aromatic hydroxyl groups is 2. The Bertz CT molecular complexity index is 1080. The van der Waals surface area contributed by atoms with Crippen molar-refractivity contribution >= 4 is 36.4 Å². The second kappa shape index (κ2) is 11.9. The van der Waals surface area contributed by atoms with Crippen LogP contribution in [0.1, 0.15) is 12.8 Å². The highest BCUT2D eigenvalue weighted by Gasteiger charge is 2.05. The van der Waals surface area contributed by atoms with E-state index >= 15 is 0 Å². The number of unbranched alkanes of at least 4 members (excludes halogenated alkanes) is 1. The minimum Gasteiger partial charge on any atom is -0.509 e. The van der Waals surface area contributed by atoms with Crippen LogP contribution in [0.15, 0.2) is 97.1 Å². The molecule has 0 aromatic heterocycles. The van der Waals surface area contributed by atoms with Gasteiger partial charge in [-0.1, -0.05) is 71.6 Å². The van der Waals surface area contributed by atoms with E-state index in [1.165, 1.54) is 0 Å². The maximum Gasteiger partial charge on any atom is 0.196 e. The fourth-order valence-electron chi connectivity index (χ4n) is 3.48. The predicted molar refractivity (Wildman–Crippen MR) is 139 cm³/mol. The van der Waals surface area contributed by atoms with Crippen molar-refractivity contribution in [1.82, 2.24) is 0 Å². The molecule has 6 heteroatoms. The third kappa shape index (κ3) is 6.85. The lowest BCUT2D eigenvalue weighted by molar-refractivity contribution is 0.266. The van der Waals surface area contributed by atoms with Crippen molar-refractivity contribution in [1.29, 1.82) is 0 Å². The van der Waals surface area contributed by atoms with Gasteiger partial charge in [-0.25, -0.2) is 0 Å². The van der Waals surface area contributed by atoms with Crippen molar-refractivity contribution in [2.24, 2.45) is 0 Å². The molecular formula is C28H26B2O4. The van der Waals surface area contributed by atoms with Gasteiger partial charge in [0.1, 0.15) is 23.0 Å². The first-order chi connectivity index (χ1) is 16.7. The highest BCUT2D eigenvalue weighted by atomic mass is 16.5. The average Bonchev–Trinajstić information content (AvgIpc) is 2.86. The van der Waals surface area contributed by atoms with Crippen LogP contribution in [0.3, 0.4) is 0 Å². The minimum atomic E-state index is 0.270. The molecule has 0 atom stereocenters. The number of benzene rings is 4. The first-order valence-electron chi connectivity index (χ1n) is 11.4. The topological polar surface area (TPSA) is 58.9 Å². The van der Waals surface area contributed by atoms with Crippen LogP contribution in [0, 0.1) is 0 Å². The molecule has 0 aliphatic heterocycles. The van der Waals surface area contributed by atoms with E-state index in [9.17, 15) is 10.2 Å². The average molecular weight is 448 g/mol. The van der Waals surface area contributed by atoms with E-state index in [2.05, 4.69) is 0 Å². The number of para-hydroxylation sites is 2. The summed E-state index contributed by atoms with van der Waals surface area (Å²) < 4.78 is 11.7. The maximum atomic E-state index is 9.89. The second-order valence-corrected chi connectivity index (χ2v) is 7.95. The summed E-state index contributed by atoms with van der Waals surface area (Å²) in [5.41, 5.74) is 3.59. The Morgan fingerprint density at radius 1 is 0.500 bits per heavy atom. The lowest BCUT2D eigenvalue weighted by Crippen LogP contribution is -2.26. The second-order valence-electron chi connectivity index (χ2n) is 7.95. The van der Waals surface area contributed by atoms with Crippen molar-refractivity contribution < 1.29 is 19.7 Å². The Balaban J connectivity index is 1.13. The van der Waals surface area contributed by atoms with E-state index in [1.807, 2.05) is 99.5 Å². The molecule has 2 N–H and O–H groups in total. The standard InChI is InChI=1S/C28H26B2O4/c31-27-9-3-1-7-25(27)29-21-11-15-23(16-12-21)33-19-5-6-20-34-24-17-13-22(14-18-24)30-26-8-2-4-10-28(26)32/h1-4,7-18,31-32H,5-6,19-20H2. The molecule has 0 amide bonds. The maximum absolute atomic E-state index is 9.89. The zero-order chi connectivity index (χ0) is 23.6. The Labute approximate surface area is 202 Å². The molecule has 0 aliphatic rings. The van der Waals surface area contributed by atoms with E-state index in [-0.39, 0.29) is 11.5 Å². The smallest absolute Gasteiger partial charge is 0.196 e. The van der Waals surface area contributed by atoms with Gasteiger partial charge in [0, 0.05) is 0 Å². The minimum absolute atomic E-state index is 0.270. The SMILES string of the molecule is Oc1ccccc1[B]c1ccc(OCCCCOc2ccc([B]c3ccccc3O)cc2)cc1. The highest BCUT2D eigenvalue weighted by Crippen LogP contribution is 2.11. The van der Waals surface area contributed by atoms with Crippen molar-refractivity contribution in [3.05, 3.63) is 97.1 Å². The largest absolute Gasteiger partial charge is 0.509 e. The number of hydrogen-bond donors (Lipinski definition) is 2. The van der Waals surface area contributed by atoms with Gasteiger partial charge in [-0.05, 0) is 60.2 Å². The third-order valence-electron chi connectivity index (χ3n) is 5.35. The van der Waals surface area contributed by atoms with Crippen molar-refractivity contribution in [3.63, 3.8) is 0 Å². The van der Waals surface area contributed by atoms with E-state index < -0.39 is 0 Å². The van der Waals surface area contributed by atoms with Crippen LogP contribution >= 0.6 is 0 Å². The normalized spacial score (nSPS) is 10.5. The van der Waals surface area contributed by atoms with Gasteiger partial charge < -0.3 is 19.7 Å². The predicted octanol–water partition coefficient (Wildman–Crippen LogP) is 2.65. The lowest BCUT2D eigenvalue weighted by atomic mass is 9.63. The summed E-state index contributed by atoms with van der Waals surface area (Å²) in [6, 6.07) is 30.2. The molecule has 34 heavy (non-hydrogen) atoms. The quantitative estimate of drug-likeness (QED) is 0.274. The molecule has 0 saturated carbocycles. The van der Waals surface area contributed by atoms with Crippen LogP contribution in [0.5, 0.6) is 23.0 Å². The van der Waals surface area contributed by atoms with E-state index in [0.29, 0.717) is 13.2 Å². The zero-order valence-electron chi connectivity index (χ0n) is 18.9. The van der Waals surface area contributed by atoms with Gasteiger partial charge in [-0.15, -0.1) is 0 Å². The molecule has 0 heterocycles. The summed E-state index contributed by atoms with van der Waals surface area (Å²) in [4.78, 5) is 0. The van der Waals surface area contributed by atoms with Crippen LogP contribution in [0.4, 0.5) is 0 Å². The number of phenolic OH excluding ortho intramolecular Hbond substituents is 2. The lowest BCUT2D eigenvalue weighted by Gasteiger charge is -2.09. The summed E-state index contributed by atoms with van der Waals surface area (Å²) in [7, 11) is 3.87. The Hall–Kier alpha value is -3.79. The molecule has 168 valence electrons. The van der Waals surface area contributed by atoms with Crippen molar-refractivity contribution in [2.45, 2.75) is 12.8 Å². The summed E-state index contributed by atoms with van der Waals surface area (Å²) in [5, 5.41) is 19.8. The monoisotopic (exact) mass is 448 g/mol. The van der Waals surface area contributed by atoms with Crippen LogP contribution in [0.25, 0.3) is 0 Å². The molecule has 2 radical (unpaired) electrons. The van der Waals surface area contributed by atoms with Crippen LogP contribution in [-0.2, 0) is 0 Å². The van der Waals surface area contributed by atoms with Crippen molar-refractivity contribution in [2.75, 3.05) is 13.2 Å². The number of hydrogen-bond acceptors (Lipinski definition) is 4. The molecule has 0 unspecified atom stereocenters. The molecular weight excluding hydrogens is 422 g/mol. The molecule has 4 nitrogen and oxygen atoms in total. The molecule has 0 bridgehead atoms. The van der Waals surface area contributed by atoms with E-state index in [0.717, 1.165) is 46.2 Å².